The Bertz CT molecular complexity index is 979. The van der Waals surface area contributed by atoms with Crippen molar-refractivity contribution in [3.05, 3.63) is 70.4 Å². The highest BCUT2D eigenvalue weighted by Crippen LogP contribution is 2.27. The van der Waals surface area contributed by atoms with Crippen LogP contribution in [0.15, 0.2) is 35.0 Å². The lowest BCUT2D eigenvalue weighted by Gasteiger charge is -2.08. The molecule has 3 rings (SSSR count). The zero-order valence-electron chi connectivity index (χ0n) is 14.0. The van der Waals surface area contributed by atoms with Crippen molar-refractivity contribution in [3.8, 4) is 5.75 Å². The van der Waals surface area contributed by atoms with Gasteiger partial charge in [0, 0.05) is 18.8 Å². The molecular formula is C17H12ClF4N3O3. The quantitative estimate of drug-likeness (QED) is 0.470. The van der Waals surface area contributed by atoms with Crippen molar-refractivity contribution in [2.75, 3.05) is 6.54 Å². The van der Waals surface area contributed by atoms with Gasteiger partial charge in [-0.05, 0) is 12.1 Å². The van der Waals surface area contributed by atoms with Crippen LogP contribution in [0.1, 0.15) is 16.3 Å². The first kappa shape index (κ1) is 19.7. The van der Waals surface area contributed by atoms with E-state index >= 15 is 0 Å². The molecule has 0 aliphatic heterocycles. The van der Waals surface area contributed by atoms with Gasteiger partial charge in [-0.15, -0.1) is 0 Å². The molecule has 0 atom stereocenters. The van der Waals surface area contributed by atoms with Crippen LogP contribution in [0, 0.1) is 23.3 Å². The number of ether oxygens (including phenoxy) is 1. The number of benzene rings is 1. The fourth-order valence-corrected chi connectivity index (χ4v) is 2.39. The SMILES string of the molecule is O=C(NCCn1cc(Cl)cn1)c1ccc(COc2c(F)c(F)cc(F)c2F)o1. The molecule has 0 bridgehead atoms. The maximum absolute atomic E-state index is 13.5. The Labute approximate surface area is 160 Å². The zero-order chi connectivity index (χ0) is 20.3. The van der Waals surface area contributed by atoms with E-state index in [0.717, 1.165) is 0 Å². The van der Waals surface area contributed by atoms with Gasteiger partial charge in [0.05, 0.1) is 17.8 Å². The van der Waals surface area contributed by atoms with Crippen molar-refractivity contribution in [1.82, 2.24) is 15.1 Å². The Morgan fingerprint density at radius 2 is 1.93 bits per heavy atom. The first-order chi connectivity index (χ1) is 13.3. The topological polar surface area (TPSA) is 69.3 Å². The molecule has 0 aliphatic carbocycles. The summed E-state index contributed by atoms with van der Waals surface area (Å²) >= 11 is 5.73. The first-order valence-electron chi connectivity index (χ1n) is 7.86. The van der Waals surface area contributed by atoms with E-state index < -0.39 is 41.5 Å². The van der Waals surface area contributed by atoms with Gasteiger partial charge in [-0.25, -0.2) is 8.78 Å². The summed E-state index contributed by atoms with van der Waals surface area (Å²) in [5.74, 6) is -8.32. The number of carbonyl (C=O) groups excluding carboxylic acids is 1. The average Bonchev–Trinajstić information content (AvgIpc) is 3.29. The summed E-state index contributed by atoms with van der Waals surface area (Å²) in [5.41, 5.74) is 0. The second-order valence-electron chi connectivity index (χ2n) is 5.53. The highest BCUT2D eigenvalue weighted by atomic mass is 35.5. The summed E-state index contributed by atoms with van der Waals surface area (Å²) in [6, 6.07) is 2.72. The van der Waals surface area contributed by atoms with E-state index in [-0.39, 0.29) is 24.1 Å². The second-order valence-corrected chi connectivity index (χ2v) is 5.97. The van der Waals surface area contributed by atoms with Crippen molar-refractivity contribution in [2.24, 2.45) is 0 Å². The highest BCUT2D eigenvalue weighted by Gasteiger charge is 2.21. The minimum absolute atomic E-state index is 0.0208. The van der Waals surface area contributed by atoms with Crippen LogP contribution < -0.4 is 10.1 Å². The van der Waals surface area contributed by atoms with Crippen molar-refractivity contribution in [1.29, 1.82) is 0 Å². The van der Waals surface area contributed by atoms with Crippen molar-refractivity contribution in [2.45, 2.75) is 13.2 Å². The number of aromatic nitrogens is 2. The van der Waals surface area contributed by atoms with Gasteiger partial charge in [0.1, 0.15) is 12.4 Å². The summed E-state index contributed by atoms with van der Waals surface area (Å²) < 4.78 is 64.9. The molecular weight excluding hydrogens is 406 g/mol. The molecule has 0 fully saturated rings. The molecule has 1 N–H and O–H groups in total. The number of furan rings is 1. The maximum atomic E-state index is 13.5. The third-order valence-corrected chi connectivity index (χ3v) is 3.74. The van der Waals surface area contributed by atoms with Crippen LogP contribution in [0.2, 0.25) is 5.02 Å². The first-order valence-corrected chi connectivity index (χ1v) is 8.23. The molecule has 1 amide bonds. The van der Waals surface area contributed by atoms with Gasteiger partial charge in [0.25, 0.3) is 5.91 Å². The Hall–Kier alpha value is -3.01. The molecule has 0 spiro atoms. The minimum atomic E-state index is -1.66. The lowest BCUT2D eigenvalue weighted by molar-refractivity contribution is 0.0919. The number of rotatable bonds is 7. The van der Waals surface area contributed by atoms with E-state index in [2.05, 4.69) is 10.4 Å². The summed E-state index contributed by atoms with van der Waals surface area (Å²) in [5, 5.41) is 6.99. The smallest absolute Gasteiger partial charge is 0.287 e. The fraction of sp³-hybridized carbons (Fsp3) is 0.176. The number of amides is 1. The molecule has 11 heteroatoms. The molecule has 6 nitrogen and oxygen atoms in total. The number of nitrogens with one attached hydrogen (secondary N) is 1. The molecule has 28 heavy (non-hydrogen) atoms. The van der Waals surface area contributed by atoms with Crippen LogP contribution >= 0.6 is 11.6 Å². The Balaban J connectivity index is 1.56. The Morgan fingerprint density at radius 3 is 2.57 bits per heavy atom. The van der Waals surface area contributed by atoms with E-state index in [9.17, 15) is 22.4 Å². The predicted octanol–water partition coefficient (Wildman–Crippen LogP) is 3.69. The lowest BCUT2D eigenvalue weighted by Crippen LogP contribution is -2.27. The molecule has 0 radical (unpaired) electrons. The van der Waals surface area contributed by atoms with E-state index in [1.807, 2.05) is 0 Å². The number of hydrogen-bond donors (Lipinski definition) is 1. The predicted molar refractivity (Wildman–Crippen MR) is 88.9 cm³/mol. The number of hydrogen-bond acceptors (Lipinski definition) is 4. The zero-order valence-corrected chi connectivity index (χ0v) is 14.8. The van der Waals surface area contributed by atoms with Crippen LogP contribution in [0.4, 0.5) is 17.6 Å². The molecule has 0 saturated heterocycles. The monoisotopic (exact) mass is 417 g/mol. The molecule has 1 aromatic carbocycles. The molecule has 0 saturated carbocycles. The summed E-state index contributed by atoms with van der Waals surface area (Å²) in [4.78, 5) is 12.0. The number of carbonyl (C=O) groups is 1. The number of halogens is 5. The van der Waals surface area contributed by atoms with Gasteiger partial charge < -0.3 is 14.5 Å². The molecule has 2 aromatic heterocycles. The molecule has 3 aromatic rings. The standard InChI is InChI=1S/C17H12ClF4N3O3/c18-9-6-24-25(7-9)4-3-23-17(26)13-2-1-10(28-13)8-27-16-14(21)11(19)5-12(20)15(16)22/h1-2,5-7H,3-4,8H2,(H,23,26). The van der Waals surface area contributed by atoms with Crippen molar-refractivity contribution in [3.63, 3.8) is 0 Å². The van der Waals surface area contributed by atoms with Crippen LogP contribution in [0.25, 0.3) is 0 Å². The van der Waals surface area contributed by atoms with E-state index in [4.69, 9.17) is 20.8 Å². The third kappa shape index (κ3) is 4.45. The van der Waals surface area contributed by atoms with Crippen LogP contribution in [0.3, 0.4) is 0 Å². The van der Waals surface area contributed by atoms with Gasteiger partial charge >= 0.3 is 0 Å². The van der Waals surface area contributed by atoms with E-state index in [0.29, 0.717) is 11.6 Å². The molecule has 0 unspecified atom stereocenters. The number of nitrogens with zero attached hydrogens (tertiary/aromatic N) is 2. The summed E-state index contributed by atoms with van der Waals surface area (Å²) in [7, 11) is 0. The van der Waals surface area contributed by atoms with E-state index in [1.54, 1.807) is 6.20 Å². The van der Waals surface area contributed by atoms with Gasteiger partial charge in [0.2, 0.25) is 11.6 Å². The van der Waals surface area contributed by atoms with Crippen molar-refractivity contribution < 1.29 is 31.5 Å². The Morgan fingerprint density at radius 1 is 1.21 bits per heavy atom. The molecule has 0 aliphatic rings. The minimum Gasteiger partial charge on any atom is -0.479 e. The average molecular weight is 418 g/mol. The fourth-order valence-electron chi connectivity index (χ4n) is 2.23. The Kier molecular flexibility index (Phi) is 5.88. The molecule has 2 heterocycles. The van der Waals surface area contributed by atoms with E-state index in [1.165, 1.54) is 23.0 Å². The van der Waals surface area contributed by atoms with Gasteiger partial charge in [0.15, 0.2) is 23.1 Å². The van der Waals surface area contributed by atoms with Crippen LogP contribution in [-0.2, 0) is 13.2 Å². The molecule has 148 valence electrons. The normalized spacial score (nSPS) is 10.9. The van der Waals surface area contributed by atoms with Gasteiger partial charge in [-0.1, -0.05) is 11.6 Å². The highest BCUT2D eigenvalue weighted by molar-refractivity contribution is 6.30. The van der Waals surface area contributed by atoms with Crippen LogP contribution in [-0.4, -0.2) is 22.2 Å². The van der Waals surface area contributed by atoms with Crippen molar-refractivity contribution >= 4 is 17.5 Å². The maximum Gasteiger partial charge on any atom is 0.287 e. The van der Waals surface area contributed by atoms with Gasteiger partial charge in [-0.3, -0.25) is 9.48 Å². The largest absolute Gasteiger partial charge is 0.479 e. The summed E-state index contributed by atoms with van der Waals surface area (Å²) in [6.07, 6.45) is 3.04. The summed E-state index contributed by atoms with van der Waals surface area (Å²) in [6.45, 7) is 0.0665. The lowest BCUT2D eigenvalue weighted by atomic mass is 10.3. The third-order valence-electron chi connectivity index (χ3n) is 3.54. The van der Waals surface area contributed by atoms with Crippen LogP contribution in [0.5, 0.6) is 5.75 Å². The van der Waals surface area contributed by atoms with Gasteiger partial charge in [-0.2, -0.15) is 13.9 Å². The second kappa shape index (κ2) is 8.34.